The second kappa shape index (κ2) is 52.2. The molecule has 4 fully saturated rings. The highest BCUT2D eigenvalue weighted by molar-refractivity contribution is 5.97. The standard InChI is InChI=1S/C74H129N3O28/c1-48(2)102-44-52-38-58(86)40-77(52)64(89)39-63(88)76-74(45-96-35-28-56(84)22-10-6-8-20-53(81)25-13-17-32-99-71-49(3)65(90)68(93)59(41-78)103-71,46-97-36-29-57(85)23-11-7-9-21-54(82)26-14-18-33-100-72-50(4)66(91)69(94)60(42-79)104-72)47-98-37-30-62(87)75-31-16-12-24-55(83)27-15-19-34-101-73-51(5)67(92)70(95)61(43-80)105-73/h48-52,58-61,65-73,78-80,86,90-95H,6-47H2,1-5H3,(H,75,87)(H,76,88)/t49?,50?,51?,52-,58+,59?,60?,61?,65+,66+,67+,68-,69-,70-,71+,72+,73+,74?/m0/s1. The molecular formula is C74H129N3O28. The van der Waals surface area contributed by atoms with Crippen molar-refractivity contribution in [2.45, 2.75) is 306 Å². The Kier molecular flexibility index (Phi) is 46.4. The van der Waals surface area contributed by atoms with Gasteiger partial charge in [-0.2, -0.15) is 0 Å². The fourth-order valence-electron chi connectivity index (χ4n) is 12.9. The zero-order valence-electron chi connectivity index (χ0n) is 62.9. The number of carbonyl (C=O) groups is 8. The molecule has 4 saturated heterocycles. The summed E-state index contributed by atoms with van der Waals surface area (Å²) in [7, 11) is 0. The van der Waals surface area contributed by atoms with Gasteiger partial charge in [-0.25, -0.2) is 0 Å². The summed E-state index contributed by atoms with van der Waals surface area (Å²) in [5, 5.41) is 106. The Hall–Kier alpha value is -4.04. The summed E-state index contributed by atoms with van der Waals surface area (Å²) in [6.45, 7) is 7.33. The van der Waals surface area contributed by atoms with Gasteiger partial charge in [-0.3, -0.25) is 38.4 Å². The third kappa shape index (κ3) is 35.7. The van der Waals surface area contributed by atoms with Crippen LogP contribution in [-0.2, 0) is 85.7 Å². The van der Waals surface area contributed by atoms with Crippen molar-refractivity contribution in [2.75, 3.05) is 99.0 Å². The van der Waals surface area contributed by atoms with Gasteiger partial charge in [0, 0.05) is 121 Å². The lowest BCUT2D eigenvalue weighted by molar-refractivity contribution is -0.282. The van der Waals surface area contributed by atoms with Crippen molar-refractivity contribution < 1.29 is 137 Å². The minimum Gasteiger partial charge on any atom is -0.394 e. The lowest BCUT2D eigenvalue weighted by Crippen LogP contribution is -2.59. The van der Waals surface area contributed by atoms with Gasteiger partial charge in [0.15, 0.2) is 18.9 Å². The quantitative estimate of drug-likeness (QED) is 0.0304. The van der Waals surface area contributed by atoms with Crippen LogP contribution in [0.25, 0.3) is 0 Å². The summed E-state index contributed by atoms with van der Waals surface area (Å²) in [6.07, 6.45) is -3.45. The third-order valence-electron chi connectivity index (χ3n) is 19.7. The zero-order chi connectivity index (χ0) is 77.3. The van der Waals surface area contributed by atoms with Crippen LogP contribution < -0.4 is 10.6 Å². The van der Waals surface area contributed by atoms with Crippen LogP contribution in [0, 0.1) is 17.8 Å². The highest BCUT2D eigenvalue weighted by Gasteiger charge is 2.45. The number of rotatable bonds is 59. The maximum Gasteiger partial charge on any atom is 0.232 e. The number of ether oxygens (including phenoxy) is 10. The number of nitrogens with one attached hydrogen (secondary N) is 2. The monoisotopic (exact) mass is 1510 g/mol. The van der Waals surface area contributed by atoms with E-state index in [0.717, 1.165) is 0 Å². The second-order valence-electron chi connectivity index (χ2n) is 29.2. The van der Waals surface area contributed by atoms with E-state index in [1.54, 1.807) is 20.8 Å². The molecule has 4 heterocycles. The Morgan fingerprint density at radius 1 is 0.438 bits per heavy atom. The van der Waals surface area contributed by atoms with E-state index in [2.05, 4.69) is 10.6 Å². The van der Waals surface area contributed by atoms with E-state index >= 15 is 0 Å². The average Bonchev–Trinajstić information content (AvgIpc) is 1.50. The Morgan fingerprint density at radius 2 is 0.781 bits per heavy atom. The van der Waals surface area contributed by atoms with Crippen molar-refractivity contribution in [1.29, 1.82) is 0 Å². The lowest BCUT2D eigenvalue weighted by atomic mass is 9.92. The predicted molar refractivity (Wildman–Crippen MR) is 377 cm³/mol. The molecule has 0 saturated carbocycles. The molecule has 0 aromatic carbocycles. The van der Waals surface area contributed by atoms with Gasteiger partial charge in [-0.15, -0.1) is 0 Å². The Labute approximate surface area is 619 Å². The maximum atomic E-state index is 14.1. The number of nitrogens with zero attached hydrogens (tertiary/aromatic N) is 1. The van der Waals surface area contributed by atoms with E-state index < -0.39 is 147 Å². The highest BCUT2D eigenvalue weighted by Crippen LogP contribution is 2.30. The predicted octanol–water partition coefficient (Wildman–Crippen LogP) is 1.66. The minimum atomic E-state index is -1.54. The molecule has 4 rings (SSSR count). The first-order valence-electron chi connectivity index (χ1n) is 38.4. The SMILES string of the molecule is CC(C)OC[C@@H]1C[C@@H](O)CN1C(=O)CC(=O)NC(COCCC(=O)CCCCCC(=O)CCCCO[C@@H]1OC(CO)[C@H](O)[C@H](O)C1C)(COCCC(=O)CCCCCC(=O)CCCCO[C@@H]1OC(CO)[C@H](O)[C@H](O)C1C)COCCC(=O)NCCCCC(=O)CCCCO[C@@H]1OC(CO)[C@H](O)[C@H](O)C1C. The summed E-state index contributed by atoms with van der Waals surface area (Å²) < 4.78 is 58.2. The molecule has 105 heavy (non-hydrogen) atoms. The molecule has 4 aliphatic rings. The first-order valence-corrected chi connectivity index (χ1v) is 38.4. The number of hydrogen-bond donors (Lipinski definition) is 12. The summed E-state index contributed by atoms with van der Waals surface area (Å²) in [5.74, 6) is -3.21. The number of aliphatic hydroxyl groups excluding tert-OH is 10. The number of carbonyl (C=O) groups excluding carboxylic acids is 8. The van der Waals surface area contributed by atoms with E-state index in [-0.39, 0.29) is 159 Å². The van der Waals surface area contributed by atoms with Crippen molar-refractivity contribution in [2.24, 2.45) is 17.8 Å². The normalized spacial score (nSPS) is 27.6. The van der Waals surface area contributed by atoms with Gasteiger partial charge in [0.2, 0.25) is 17.7 Å². The molecular weight excluding hydrogens is 1380 g/mol. The largest absolute Gasteiger partial charge is 0.394 e. The molecule has 31 heteroatoms. The molecule has 608 valence electrons. The van der Waals surface area contributed by atoms with Gasteiger partial charge in [0.25, 0.3) is 0 Å². The number of ketones is 5. The van der Waals surface area contributed by atoms with Crippen LogP contribution in [0.4, 0.5) is 0 Å². The Bertz CT molecular complexity index is 2280. The van der Waals surface area contributed by atoms with E-state index in [1.165, 1.54) is 4.90 Å². The number of amides is 3. The number of Topliss-reactive ketones (excluding diaryl/α,β-unsaturated/α-hetero) is 5. The van der Waals surface area contributed by atoms with E-state index in [0.29, 0.717) is 128 Å². The molecule has 17 atom stereocenters. The van der Waals surface area contributed by atoms with E-state index in [9.17, 15) is 89.4 Å². The fraction of sp³-hybridized carbons (Fsp3) is 0.892. The fourth-order valence-corrected chi connectivity index (χ4v) is 12.9. The van der Waals surface area contributed by atoms with Crippen LogP contribution in [0.1, 0.15) is 208 Å². The van der Waals surface area contributed by atoms with Gasteiger partial charge in [0.05, 0.1) is 103 Å². The third-order valence-corrected chi connectivity index (χ3v) is 19.7. The number of hydrogen-bond acceptors (Lipinski definition) is 28. The lowest BCUT2D eigenvalue weighted by Gasteiger charge is -2.40. The van der Waals surface area contributed by atoms with Crippen molar-refractivity contribution >= 4 is 46.6 Å². The van der Waals surface area contributed by atoms with E-state index in [1.807, 2.05) is 13.8 Å². The van der Waals surface area contributed by atoms with Gasteiger partial charge in [0.1, 0.15) is 77.5 Å². The zero-order valence-corrected chi connectivity index (χ0v) is 62.9. The Morgan fingerprint density at radius 3 is 1.14 bits per heavy atom. The molecule has 31 nitrogen and oxygen atoms in total. The average molecular weight is 1510 g/mol. The molecule has 0 aromatic heterocycles. The first kappa shape index (κ1) is 93.3. The molecule has 4 aliphatic heterocycles. The van der Waals surface area contributed by atoms with Gasteiger partial charge < -0.3 is 114 Å². The van der Waals surface area contributed by atoms with Crippen LogP contribution in [0.2, 0.25) is 0 Å². The van der Waals surface area contributed by atoms with Crippen LogP contribution >= 0.6 is 0 Å². The maximum absolute atomic E-state index is 14.1. The first-order chi connectivity index (χ1) is 50.2. The van der Waals surface area contributed by atoms with Gasteiger partial charge in [-0.05, 0) is 97.3 Å². The molecule has 0 aliphatic carbocycles. The molecule has 0 bridgehead atoms. The van der Waals surface area contributed by atoms with Gasteiger partial charge in [-0.1, -0.05) is 33.6 Å². The molecule has 0 spiro atoms. The van der Waals surface area contributed by atoms with Crippen LogP contribution in [0.3, 0.4) is 0 Å². The molecule has 0 radical (unpaired) electrons. The van der Waals surface area contributed by atoms with Crippen LogP contribution in [0.15, 0.2) is 0 Å². The minimum absolute atomic E-state index is 0.00335. The molecule has 0 aromatic rings. The molecule has 6 unspecified atom stereocenters. The number of unbranched alkanes of at least 4 members (excludes halogenated alkanes) is 8. The number of aliphatic hydroxyl groups is 10. The van der Waals surface area contributed by atoms with E-state index in [4.69, 9.17) is 47.4 Å². The van der Waals surface area contributed by atoms with Crippen molar-refractivity contribution in [3.8, 4) is 0 Å². The van der Waals surface area contributed by atoms with Crippen molar-refractivity contribution in [3.63, 3.8) is 0 Å². The topological polar surface area (TPSA) is 458 Å². The van der Waals surface area contributed by atoms with Crippen molar-refractivity contribution in [1.82, 2.24) is 15.5 Å². The van der Waals surface area contributed by atoms with Gasteiger partial charge >= 0.3 is 0 Å². The van der Waals surface area contributed by atoms with Crippen molar-refractivity contribution in [3.05, 3.63) is 0 Å². The summed E-state index contributed by atoms with van der Waals surface area (Å²) in [4.78, 5) is 107. The van der Waals surface area contributed by atoms with Crippen LogP contribution in [0.5, 0.6) is 0 Å². The molecule has 3 amide bonds. The summed E-state index contributed by atoms with van der Waals surface area (Å²) in [5.41, 5.74) is -1.54. The Balaban J connectivity index is 1.28. The second-order valence-corrected chi connectivity index (χ2v) is 29.2. The number of β-amino-alcohol motifs (C(OH)–C–C–N with tert-alkyl or cyclic N) is 1. The molecule has 12 N–H and O–H groups in total. The summed E-state index contributed by atoms with van der Waals surface area (Å²) in [6, 6.07) is -0.482. The number of likely N-dealkylation sites (tertiary alicyclic amines) is 1. The smallest absolute Gasteiger partial charge is 0.232 e. The highest BCUT2D eigenvalue weighted by atomic mass is 16.7. The van der Waals surface area contributed by atoms with Crippen LogP contribution in [-0.4, -0.2) is 299 Å². The summed E-state index contributed by atoms with van der Waals surface area (Å²) >= 11 is 0.